The monoisotopic (exact) mass is 777 g/mol. The molecule has 0 atom stereocenters. The van der Waals surface area contributed by atoms with E-state index in [1.54, 1.807) is 30.8 Å². The molecule has 8 nitrogen and oxygen atoms in total. The summed E-state index contributed by atoms with van der Waals surface area (Å²) in [5, 5.41) is 0.865. The molecule has 58 heavy (non-hydrogen) atoms. The van der Waals surface area contributed by atoms with Crippen molar-refractivity contribution in [3.05, 3.63) is 177 Å². The molecule has 9 heteroatoms. The van der Waals surface area contributed by atoms with E-state index in [-0.39, 0.29) is 18.4 Å². The lowest BCUT2D eigenvalue weighted by Gasteiger charge is -2.16. The summed E-state index contributed by atoms with van der Waals surface area (Å²) < 4.78 is 7.92. The number of benzene rings is 3. The van der Waals surface area contributed by atoms with E-state index in [2.05, 4.69) is 26.7 Å². The highest BCUT2D eigenvalue weighted by Crippen LogP contribution is 2.44. The SMILES string of the molecule is COc1ccc2c(c1)c(C1=C(c3cc(C)sc3C)C(=O)N(Cc3ccc(-c4cc(-c5ccccn5)nc(-c5ccccn5)c4)cc3)C1=O)c(C)n2Cc1ccccc1. The van der Waals surface area contributed by atoms with Gasteiger partial charge in [0.1, 0.15) is 5.75 Å². The van der Waals surface area contributed by atoms with Gasteiger partial charge in [-0.25, -0.2) is 4.98 Å². The highest BCUT2D eigenvalue weighted by molar-refractivity contribution is 7.12. The molecule has 3 aromatic carbocycles. The highest BCUT2D eigenvalue weighted by atomic mass is 32.1. The number of pyridine rings is 3. The first-order valence-electron chi connectivity index (χ1n) is 19.1. The van der Waals surface area contributed by atoms with Gasteiger partial charge in [0.2, 0.25) is 0 Å². The maximum Gasteiger partial charge on any atom is 0.262 e. The molecule has 0 aliphatic carbocycles. The van der Waals surface area contributed by atoms with Crippen LogP contribution in [0.3, 0.4) is 0 Å². The number of fused-ring (bicyclic) bond motifs is 1. The van der Waals surface area contributed by atoms with Crippen LogP contribution in [0.15, 0.2) is 140 Å². The second-order valence-electron chi connectivity index (χ2n) is 14.4. The number of hydrogen-bond acceptors (Lipinski definition) is 7. The van der Waals surface area contributed by atoms with Crippen LogP contribution in [-0.2, 0) is 22.7 Å². The van der Waals surface area contributed by atoms with Gasteiger partial charge in [0.25, 0.3) is 11.8 Å². The molecule has 0 saturated carbocycles. The number of hydrogen-bond donors (Lipinski definition) is 0. The molecule has 1 aliphatic rings. The van der Waals surface area contributed by atoms with Crippen LogP contribution in [0.25, 0.3) is 56.0 Å². The number of amides is 2. The maximum absolute atomic E-state index is 15.0. The molecule has 0 unspecified atom stereocenters. The number of imide groups is 1. The predicted octanol–water partition coefficient (Wildman–Crippen LogP) is 10.4. The Kier molecular flexibility index (Phi) is 9.59. The van der Waals surface area contributed by atoms with Crippen LogP contribution in [0.5, 0.6) is 5.75 Å². The summed E-state index contributed by atoms with van der Waals surface area (Å²) in [6.07, 6.45) is 3.51. The Morgan fingerprint density at radius 3 is 1.86 bits per heavy atom. The molecule has 0 radical (unpaired) electrons. The summed E-state index contributed by atoms with van der Waals surface area (Å²) in [6.45, 7) is 6.82. The van der Waals surface area contributed by atoms with E-state index < -0.39 is 0 Å². The average molecular weight is 778 g/mol. The summed E-state index contributed by atoms with van der Waals surface area (Å²) in [5.74, 6) is 0.0639. The molecule has 9 rings (SSSR count). The lowest BCUT2D eigenvalue weighted by atomic mass is 9.94. The average Bonchev–Trinajstić information content (AvgIpc) is 3.82. The number of aromatic nitrogens is 4. The first kappa shape index (κ1) is 36.7. The second-order valence-corrected chi connectivity index (χ2v) is 15.9. The van der Waals surface area contributed by atoms with Gasteiger partial charge in [0.15, 0.2) is 0 Å². The third-order valence-electron chi connectivity index (χ3n) is 10.8. The Hall–Kier alpha value is -6.97. The first-order valence-corrected chi connectivity index (χ1v) is 19.9. The number of thiophene rings is 1. The van der Waals surface area contributed by atoms with Crippen LogP contribution < -0.4 is 4.74 Å². The highest BCUT2D eigenvalue weighted by Gasteiger charge is 2.42. The molecular formula is C49H39N5O3S. The number of rotatable bonds is 10. The van der Waals surface area contributed by atoms with Gasteiger partial charge in [-0.3, -0.25) is 24.5 Å². The van der Waals surface area contributed by atoms with Gasteiger partial charge in [-0.05, 0) is 104 Å². The summed E-state index contributed by atoms with van der Waals surface area (Å²) in [6, 6.07) is 41.9. The number of aryl methyl sites for hydroxylation is 2. The van der Waals surface area contributed by atoms with Gasteiger partial charge < -0.3 is 9.30 Å². The third kappa shape index (κ3) is 6.69. The number of nitrogens with zero attached hydrogens (tertiary/aromatic N) is 5. The van der Waals surface area contributed by atoms with Crippen molar-refractivity contribution in [2.45, 2.75) is 33.9 Å². The number of methoxy groups -OCH3 is 1. The number of carbonyl (C=O) groups excluding carboxylic acids is 2. The van der Waals surface area contributed by atoms with Crippen LogP contribution in [0.2, 0.25) is 0 Å². The summed E-state index contributed by atoms with van der Waals surface area (Å²) in [4.78, 5) is 47.2. The minimum absolute atomic E-state index is 0.118. The molecule has 284 valence electrons. The Morgan fingerprint density at radius 2 is 1.26 bits per heavy atom. The smallest absolute Gasteiger partial charge is 0.262 e. The normalized spacial score (nSPS) is 12.9. The zero-order chi connectivity index (χ0) is 39.9. The fraction of sp³-hybridized carbons (Fsp3) is 0.122. The quantitative estimate of drug-likeness (QED) is 0.129. The van der Waals surface area contributed by atoms with Gasteiger partial charge in [-0.2, -0.15) is 0 Å². The Bertz CT molecular complexity index is 2820. The van der Waals surface area contributed by atoms with Gasteiger partial charge in [0, 0.05) is 56.4 Å². The van der Waals surface area contributed by atoms with Crippen molar-refractivity contribution in [2.75, 3.05) is 7.11 Å². The molecule has 0 N–H and O–H groups in total. The van der Waals surface area contributed by atoms with Gasteiger partial charge in [0.05, 0.1) is 47.6 Å². The predicted molar refractivity (Wildman–Crippen MR) is 231 cm³/mol. The van der Waals surface area contributed by atoms with Gasteiger partial charge in [-0.1, -0.05) is 66.7 Å². The molecule has 0 bridgehead atoms. The minimum atomic E-state index is -0.314. The van der Waals surface area contributed by atoms with Gasteiger partial charge >= 0.3 is 0 Å². The Morgan fingerprint density at radius 1 is 0.621 bits per heavy atom. The first-order chi connectivity index (χ1) is 28.3. The number of ether oxygens (including phenoxy) is 1. The molecule has 0 saturated heterocycles. The molecule has 6 heterocycles. The lowest BCUT2D eigenvalue weighted by molar-refractivity contribution is -0.136. The Balaban J connectivity index is 1.11. The third-order valence-corrected chi connectivity index (χ3v) is 11.7. The number of carbonyl (C=O) groups is 2. The zero-order valence-corrected chi connectivity index (χ0v) is 33.4. The van der Waals surface area contributed by atoms with E-state index >= 15 is 0 Å². The molecule has 1 aliphatic heterocycles. The molecular weight excluding hydrogens is 739 g/mol. The summed E-state index contributed by atoms with van der Waals surface area (Å²) in [5.41, 5.74) is 11.1. The van der Waals surface area contributed by atoms with Crippen LogP contribution in [0.1, 0.15) is 37.7 Å². The van der Waals surface area contributed by atoms with Crippen molar-refractivity contribution < 1.29 is 14.3 Å². The molecule has 0 fully saturated rings. The van der Waals surface area contributed by atoms with E-state index in [1.807, 2.05) is 136 Å². The van der Waals surface area contributed by atoms with E-state index in [0.29, 0.717) is 23.4 Å². The fourth-order valence-electron chi connectivity index (χ4n) is 7.93. The molecule has 8 aromatic rings. The van der Waals surface area contributed by atoms with Crippen molar-refractivity contribution in [3.63, 3.8) is 0 Å². The fourth-order valence-corrected chi connectivity index (χ4v) is 8.86. The topological polar surface area (TPSA) is 90.2 Å². The standard InChI is InChI=1S/C49H39N5O3S/c1-30-24-38(32(3)58-30)46-47(45-31(2)53(28-33-12-6-5-7-13-33)44-21-20-37(57-4)27-39(44)45)49(56)54(48(46)55)29-34-16-18-35(19-17-34)36-25-42(40-14-8-10-22-50-40)52-43(26-36)41-15-9-11-23-51-41/h5-27H,28-29H2,1-4H3. The lowest BCUT2D eigenvalue weighted by Crippen LogP contribution is -2.31. The van der Waals surface area contributed by atoms with Crippen molar-refractivity contribution in [3.8, 4) is 39.7 Å². The van der Waals surface area contributed by atoms with Gasteiger partial charge in [-0.15, -0.1) is 11.3 Å². The summed E-state index contributed by atoms with van der Waals surface area (Å²) >= 11 is 1.63. The van der Waals surface area contributed by atoms with Crippen LogP contribution >= 0.6 is 11.3 Å². The van der Waals surface area contributed by atoms with Crippen LogP contribution in [0, 0.1) is 20.8 Å². The van der Waals surface area contributed by atoms with E-state index in [4.69, 9.17) is 9.72 Å². The van der Waals surface area contributed by atoms with Crippen LogP contribution in [0.4, 0.5) is 0 Å². The minimum Gasteiger partial charge on any atom is -0.497 e. The van der Waals surface area contributed by atoms with E-state index in [0.717, 1.165) is 82.5 Å². The maximum atomic E-state index is 15.0. The second kappa shape index (κ2) is 15.2. The molecule has 0 spiro atoms. The largest absolute Gasteiger partial charge is 0.497 e. The van der Waals surface area contributed by atoms with Crippen molar-refractivity contribution in [1.82, 2.24) is 24.4 Å². The van der Waals surface area contributed by atoms with E-state index in [9.17, 15) is 9.59 Å². The summed E-state index contributed by atoms with van der Waals surface area (Å²) in [7, 11) is 1.64. The Labute approximate surface area is 340 Å². The molecule has 2 amide bonds. The zero-order valence-electron chi connectivity index (χ0n) is 32.6. The van der Waals surface area contributed by atoms with Crippen molar-refractivity contribution >= 4 is 45.2 Å². The van der Waals surface area contributed by atoms with Crippen molar-refractivity contribution in [1.29, 1.82) is 0 Å². The van der Waals surface area contributed by atoms with E-state index in [1.165, 1.54) is 4.90 Å². The van der Waals surface area contributed by atoms with Crippen LogP contribution in [-0.4, -0.2) is 43.3 Å². The molecule has 5 aromatic heterocycles. The van der Waals surface area contributed by atoms with Crippen molar-refractivity contribution in [2.24, 2.45) is 0 Å².